The second kappa shape index (κ2) is 7.43. The minimum absolute atomic E-state index is 0.209. The van der Waals surface area contributed by atoms with Crippen LogP contribution in [0.25, 0.3) is 0 Å². The van der Waals surface area contributed by atoms with Gasteiger partial charge in [0.05, 0.1) is 6.54 Å². The summed E-state index contributed by atoms with van der Waals surface area (Å²) in [5.74, 6) is 1.75. The average molecular weight is 320 g/mol. The van der Waals surface area contributed by atoms with Crippen LogP contribution in [-0.2, 0) is 17.8 Å². The van der Waals surface area contributed by atoms with Crippen LogP contribution in [0.3, 0.4) is 0 Å². The summed E-state index contributed by atoms with van der Waals surface area (Å²) in [6.45, 7) is 6.56. The highest BCUT2D eigenvalue weighted by atomic mass is 16.5. The number of likely N-dealkylation sites (tertiary alicyclic amines) is 2. The molecule has 0 radical (unpaired) electrons. The predicted molar refractivity (Wildman–Crippen MR) is 86.8 cm³/mol. The second-order valence-electron chi connectivity index (χ2n) is 6.81. The molecule has 1 amide bonds. The van der Waals surface area contributed by atoms with Gasteiger partial charge in [0.25, 0.3) is 0 Å². The molecule has 2 aliphatic heterocycles. The van der Waals surface area contributed by atoms with Gasteiger partial charge in [0.1, 0.15) is 0 Å². The van der Waals surface area contributed by atoms with Crippen LogP contribution in [0, 0.1) is 0 Å². The van der Waals surface area contributed by atoms with E-state index in [1.54, 1.807) is 6.92 Å². The van der Waals surface area contributed by atoms with Crippen molar-refractivity contribution in [1.82, 2.24) is 19.9 Å². The molecule has 1 aromatic heterocycles. The molecule has 1 aromatic rings. The Morgan fingerprint density at radius 1 is 1.26 bits per heavy atom. The van der Waals surface area contributed by atoms with Gasteiger partial charge in [-0.05, 0) is 38.6 Å². The van der Waals surface area contributed by atoms with Crippen LogP contribution in [0.15, 0.2) is 4.52 Å². The van der Waals surface area contributed by atoms with Gasteiger partial charge in [-0.1, -0.05) is 18.5 Å². The third-order valence-electron chi connectivity index (χ3n) is 5.16. The Balaban J connectivity index is 1.62. The van der Waals surface area contributed by atoms with Crippen molar-refractivity contribution in [2.24, 2.45) is 0 Å². The first-order chi connectivity index (χ1) is 11.2. The number of unbranched alkanes of at least 4 members (excludes halogenated alkanes) is 1. The highest BCUT2D eigenvalue weighted by Gasteiger charge is 2.39. The molecule has 128 valence electrons. The molecule has 6 heteroatoms. The summed E-state index contributed by atoms with van der Waals surface area (Å²) >= 11 is 0. The maximum Gasteiger partial charge on any atom is 0.226 e. The maximum atomic E-state index is 11.8. The molecule has 6 nitrogen and oxygen atoms in total. The summed E-state index contributed by atoms with van der Waals surface area (Å²) in [6.07, 6.45) is 7.68. The number of aryl methyl sites for hydroxylation is 1. The quantitative estimate of drug-likeness (QED) is 0.805. The summed E-state index contributed by atoms with van der Waals surface area (Å²) < 4.78 is 5.34. The van der Waals surface area contributed by atoms with E-state index in [9.17, 15) is 4.79 Å². The normalized spacial score (nSPS) is 25.4. The first-order valence-corrected chi connectivity index (χ1v) is 9.01. The van der Waals surface area contributed by atoms with Crippen LogP contribution in [0.4, 0.5) is 0 Å². The fourth-order valence-corrected chi connectivity index (χ4v) is 4.03. The van der Waals surface area contributed by atoms with Crippen LogP contribution < -0.4 is 0 Å². The number of hydrogen-bond donors (Lipinski definition) is 0. The highest BCUT2D eigenvalue weighted by molar-refractivity contribution is 5.74. The number of rotatable bonds is 6. The summed E-state index contributed by atoms with van der Waals surface area (Å²) in [5, 5.41) is 4.14. The van der Waals surface area contributed by atoms with E-state index in [0.29, 0.717) is 12.1 Å². The lowest BCUT2D eigenvalue weighted by atomic mass is 10.0. The molecular formula is C17H28N4O2. The Hall–Kier alpha value is -1.43. The Kier molecular flexibility index (Phi) is 5.30. The molecule has 2 atom stereocenters. The van der Waals surface area contributed by atoms with Gasteiger partial charge < -0.3 is 9.42 Å². The molecule has 0 aromatic carbocycles. The van der Waals surface area contributed by atoms with E-state index in [0.717, 1.165) is 69.9 Å². The average Bonchev–Trinajstić information content (AvgIpc) is 3.25. The first-order valence-electron chi connectivity index (χ1n) is 9.01. The van der Waals surface area contributed by atoms with E-state index < -0.39 is 0 Å². The number of carbonyl (C=O) groups excluding carboxylic acids is 1. The molecule has 0 unspecified atom stereocenters. The molecule has 0 spiro atoms. The van der Waals surface area contributed by atoms with Crippen LogP contribution in [-0.4, -0.2) is 51.0 Å². The number of aromatic nitrogens is 2. The summed E-state index contributed by atoms with van der Waals surface area (Å²) in [5.41, 5.74) is 0. The Labute approximate surface area is 138 Å². The van der Waals surface area contributed by atoms with E-state index in [-0.39, 0.29) is 5.91 Å². The Bertz CT molecular complexity index is 530. The highest BCUT2D eigenvalue weighted by Crippen LogP contribution is 2.30. The fraction of sp³-hybridized carbons (Fsp3) is 0.824. The number of hydrogen-bond acceptors (Lipinski definition) is 5. The van der Waals surface area contributed by atoms with Gasteiger partial charge in [0.15, 0.2) is 5.82 Å². The molecule has 3 rings (SSSR count). The van der Waals surface area contributed by atoms with Gasteiger partial charge in [-0.15, -0.1) is 0 Å². The maximum absolute atomic E-state index is 11.8. The number of amides is 1. The zero-order chi connectivity index (χ0) is 16.2. The van der Waals surface area contributed by atoms with Crippen LogP contribution in [0.1, 0.15) is 64.1 Å². The largest absolute Gasteiger partial charge is 0.339 e. The minimum Gasteiger partial charge on any atom is -0.339 e. The number of carbonyl (C=O) groups is 1. The summed E-state index contributed by atoms with van der Waals surface area (Å²) in [4.78, 5) is 20.9. The van der Waals surface area contributed by atoms with Gasteiger partial charge in [0, 0.05) is 32.0 Å². The van der Waals surface area contributed by atoms with Gasteiger partial charge in [0.2, 0.25) is 11.8 Å². The van der Waals surface area contributed by atoms with Crippen molar-refractivity contribution >= 4 is 5.91 Å². The second-order valence-corrected chi connectivity index (χ2v) is 6.81. The molecule has 0 bridgehead atoms. The fourth-order valence-electron chi connectivity index (χ4n) is 4.03. The summed E-state index contributed by atoms with van der Waals surface area (Å²) in [7, 11) is 0. The van der Waals surface area contributed by atoms with E-state index in [4.69, 9.17) is 4.52 Å². The van der Waals surface area contributed by atoms with E-state index in [1.165, 1.54) is 6.42 Å². The van der Waals surface area contributed by atoms with Crippen LogP contribution in [0.5, 0.6) is 0 Å². The lowest BCUT2D eigenvalue weighted by molar-refractivity contribution is -0.130. The SMILES string of the molecule is CCCCc1nc(CN2CCC[C@@H]2[C@H]2CCCN2C(C)=O)no1. The van der Waals surface area contributed by atoms with Crippen LogP contribution in [0.2, 0.25) is 0 Å². The Morgan fingerprint density at radius 3 is 2.83 bits per heavy atom. The molecule has 3 heterocycles. The first kappa shape index (κ1) is 16.4. The molecule has 0 saturated carbocycles. The van der Waals surface area contributed by atoms with E-state index in [2.05, 4.69) is 26.9 Å². The minimum atomic E-state index is 0.209. The monoisotopic (exact) mass is 320 g/mol. The van der Waals surface area contributed by atoms with Crippen LogP contribution >= 0.6 is 0 Å². The van der Waals surface area contributed by atoms with Crippen molar-refractivity contribution in [3.63, 3.8) is 0 Å². The molecule has 23 heavy (non-hydrogen) atoms. The zero-order valence-electron chi connectivity index (χ0n) is 14.3. The third kappa shape index (κ3) is 3.74. The molecule has 0 aliphatic carbocycles. The molecule has 2 aliphatic rings. The van der Waals surface area contributed by atoms with Crippen molar-refractivity contribution in [2.75, 3.05) is 13.1 Å². The zero-order valence-corrected chi connectivity index (χ0v) is 14.3. The van der Waals surface area contributed by atoms with Gasteiger partial charge in [-0.3, -0.25) is 9.69 Å². The van der Waals surface area contributed by atoms with Gasteiger partial charge in [-0.25, -0.2) is 0 Å². The Morgan fingerprint density at radius 2 is 2.04 bits per heavy atom. The molecule has 0 N–H and O–H groups in total. The van der Waals surface area contributed by atoms with E-state index in [1.807, 2.05) is 0 Å². The smallest absolute Gasteiger partial charge is 0.226 e. The van der Waals surface area contributed by atoms with Gasteiger partial charge >= 0.3 is 0 Å². The topological polar surface area (TPSA) is 62.5 Å². The van der Waals surface area contributed by atoms with Gasteiger partial charge in [-0.2, -0.15) is 4.98 Å². The standard InChI is InChI=1S/C17H28N4O2/c1-3-4-9-17-18-16(19-23-17)12-20-10-5-7-14(20)15-8-6-11-21(15)13(2)22/h14-15H,3-12H2,1-2H3/t14-,15-/m1/s1. The molecular weight excluding hydrogens is 292 g/mol. The van der Waals surface area contributed by atoms with Crippen molar-refractivity contribution < 1.29 is 9.32 Å². The predicted octanol–water partition coefficient (Wildman–Crippen LogP) is 2.39. The van der Waals surface area contributed by atoms with Crippen molar-refractivity contribution in [3.8, 4) is 0 Å². The lowest BCUT2D eigenvalue weighted by Crippen LogP contribution is -2.47. The third-order valence-corrected chi connectivity index (χ3v) is 5.16. The molecule has 2 saturated heterocycles. The van der Waals surface area contributed by atoms with Crippen molar-refractivity contribution in [2.45, 2.75) is 77.4 Å². The lowest BCUT2D eigenvalue weighted by Gasteiger charge is -2.34. The summed E-state index contributed by atoms with van der Waals surface area (Å²) in [6, 6.07) is 0.806. The van der Waals surface area contributed by atoms with Crippen molar-refractivity contribution in [1.29, 1.82) is 0 Å². The molecule has 2 fully saturated rings. The number of nitrogens with zero attached hydrogens (tertiary/aromatic N) is 4. The van der Waals surface area contributed by atoms with Crippen molar-refractivity contribution in [3.05, 3.63) is 11.7 Å². The van der Waals surface area contributed by atoms with E-state index >= 15 is 0 Å².